The molecule has 0 radical (unpaired) electrons. The van der Waals surface area contributed by atoms with Gasteiger partial charge in [-0.2, -0.15) is 0 Å². The zero-order valence-corrected chi connectivity index (χ0v) is 4.49. The number of nitrogens with one attached hydrogen (secondary N) is 1. The first-order chi connectivity index (χ1) is 3.15. The number of rotatable bonds is 1. The van der Waals surface area contributed by atoms with E-state index in [0.717, 1.165) is 12.8 Å². The van der Waals surface area contributed by atoms with Crippen LogP contribution in [0.15, 0.2) is 0 Å². The third-order valence-corrected chi connectivity index (χ3v) is 1.65. The molecule has 1 rings (SSSR count). The van der Waals surface area contributed by atoms with Crippen molar-refractivity contribution >= 4 is 5.84 Å². The molecular formula is C5H10N2. The first kappa shape index (κ1) is 4.62. The predicted molar refractivity (Wildman–Crippen MR) is 29.3 cm³/mol. The van der Waals surface area contributed by atoms with E-state index in [1.165, 1.54) is 0 Å². The van der Waals surface area contributed by atoms with Crippen LogP contribution >= 0.6 is 0 Å². The molecule has 0 aromatic rings. The Morgan fingerprint density at radius 3 is 2.14 bits per heavy atom. The second-order valence-corrected chi connectivity index (χ2v) is 2.47. The lowest BCUT2D eigenvalue weighted by molar-refractivity contribution is 0.786. The summed E-state index contributed by atoms with van der Waals surface area (Å²) < 4.78 is 0. The van der Waals surface area contributed by atoms with E-state index >= 15 is 0 Å². The van der Waals surface area contributed by atoms with Crippen LogP contribution in [0, 0.1) is 10.8 Å². The molecule has 0 aromatic carbocycles. The maximum absolute atomic E-state index is 6.99. The summed E-state index contributed by atoms with van der Waals surface area (Å²) in [6.45, 7) is 2.02. The molecule has 0 bridgehead atoms. The van der Waals surface area contributed by atoms with Gasteiger partial charge in [0.25, 0.3) is 0 Å². The van der Waals surface area contributed by atoms with Crippen molar-refractivity contribution in [3.8, 4) is 0 Å². The first-order valence-corrected chi connectivity index (χ1v) is 2.50. The number of amidine groups is 1. The minimum Gasteiger partial charge on any atom is -0.387 e. The maximum atomic E-state index is 6.99. The van der Waals surface area contributed by atoms with Crippen LogP contribution in [-0.2, 0) is 0 Å². The highest BCUT2D eigenvalue weighted by molar-refractivity contribution is 5.85. The Hall–Kier alpha value is -0.530. The van der Waals surface area contributed by atoms with E-state index < -0.39 is 0 Å². The molecule has 1 fully saturated rings. The van der Waals surface area contributed by atoms with Crippen LogP contribution in [0.25, 0.3) is 0 Å². The van der Waals surface area contributed by atoms with E-state index in [0.29, 0.717) is 5.84 Å². The fraction of sp³-hybridized carbons (Fsp3) is 0.800. The third kappa shape index (κ3) is 0.601. The molecular weight excluding hydrogens is 88.1 g/mol. The van der Waals surface area contributed by atoms with Crippen molar-refractivity contribution in [2.75, 3.05) is 0 Å². The molecule has 0 saturated heterocycles. The Bertz CT molecular complexity index is 103. The molecule has 0 amide bonds. The van der Waals surface area contributed by atoms with E-state index in [2.05, 4.69) is 0 Å². The minimum atomic E-state index is 0.111. The summed E-state index contributed by atoms with van der Waals surface area (Å²) in [5, 5.41) is 6.99. The molecule has 0 heterocycles. The van der Waals surface area contributed by atoms with Gasteiger partial charge in [0.05, 0.1) is 5.84 Å². The van der Waals surface area contributed by atoms with Crippen molar-refractivity contribution in [1.82, 2.24) is 0 Å². The summed E-state index contributed by atoms with van der Waals surface area (Å²) in [6.07, 6.45) is 2.23. The summed E-state index contributed by atoms with van der Waals surface area (Å²) in [7, 11) is 0. The van der Waals surface area contributed by atoms with Crippen LogP contribution in [0.4, 0.5) is 0 Å². The Balaban J connectivity index is 2.55. The quantitative estimate of drug-likeness (QED) is 0.368. The standard InChI is InChI=1S/C5H10N2/c1-5(2-3-5)4(6)7/h2-3H2,1H3,(H3,6,7). The van der Waals surface area contributed by atoms with E-state index in [4.69, 9.17) is 11.1 Å². The molecule has 0 atom stereocenters. The average Bonchev–Trinajstić information content (AvgIpc) is 2.21. The molecule has 0 aromatic heterocycles. The molecule has 2 heteroatoms. The number of hydrogen-bond donors (Lipinski definition) is 2. The molecule has 3 N–H and O–H groups in total. The van der Waals surface area contributed by atoms with Gasteiger partial charge in [0.15, 0.2) is 0 Å². The topological polar surface area (TPSA) is 49.9 Å². The summed E-state index contributed by atoms with van der Waals surface area (Å²) in [5.74, 6) is 0.354. The first-order valence-electron chi connectivity index (χ1n) is 2.50. The minimum absolute atomic E-state index is 0.111. The van der Waals surface area contributed by atoms with Gasteiger partial charge in [0.1, 0.15) is 0 Å². The predicted octanol–water partition coefficient (Wildman–Crippen LogP) is 0.722. The molecule has 0 spiro atoms. The van der Waals surface area contributed by atoms with Crippen LogP contribution in [-0.4, -0.2) is 5.84 Å². The second kappa shape index (κ2) is 0.997. The maximum Gasteiger partial charge on any atom is 0.0965 e. The summed E-state index contributed by atoms with van der Waals surface area (Å²) in [6, 6.07) is 0. The Morgan fingerprint density at radius 1 is 1.71 bits per heavy atom. The van der Waals surface area contributed by atoms with Gasteiger partial charge in [-0.3, -0.25) is 5.41 Å². The zero-order chi connectivity index (χ0) is 5.49. The van der Waals surface area contributed by atoms with Crippen LogP contribution in [0.3, 0.4) is 0 Å². The zero-order valence-electron chi connectivity index (χ0n) is 4.49. The van der Waals surface area contributed by atoms with Crippen molar-refractivity contribution in [3.63, 3.8) is 0 Å². The van der Waals surface area contributed by atoms with Crippen molar-refractivity contribution in [2.45, 2.75) is 19.8 Å². The van der Waals surface area contributed by atoms with Gasteiger partial charge in [-0.1, -0.05) is 6.92 Å². The van der Waals surface area contributed by atoms with Crippen molar-refractivity contribution < 1.29 is 0 Å². The Labute approximate surface area is 43.2 Å². The lowest BCUT2D eigenvalue weighted by Crippen LogP contribution is -2.20. The van der Waals surface area contributed by atoms with E-state index in [9.17, 15) is 0 Å². The van der Waals surface area contributed by atoms with Crippen molar-refractivity contribution in [3.05, 3.63) is 0 Å². The van der Waals surface area contributed by atoms with Gasteiger partial charge in [-0.05, 0) is 12.8 Å². The second-order valence-electron chi connectivity index (χ2n) is 2.47. The van der Waals surface area contributed by atoms with E-state index in [1.54, 1.807) is 0 Å². The highest BCUT2D eigenvalue weighted by Gasteiger charge is 2.40. The summed E-state index contributed by atoms with van der Waals surface area (Å²) in [5.41, 5.74) is 5.33. The highest BCUT2D eigenvalue weighted by atomic mass is 14.8. The van der Waals surface area contributed by atoms with Gasteiger partial charge in [-0.15, -0.1) is 0 Å². The molecule has 40 valence electrons. The number of nitrogens with two attached hydrogens (primary N) is 1. The molecule has 7 heavy (non-hydrogen) atoms. The fourth-order valence-electron chi connectivity index (χ4n) is 0.457. The van der Waals surface area contributed by atoms with Gasteiger partial charge < -0.3 is 5.73 Å². The van der Waals surface area contributed by atoms with Gasteiger partial charge in [0.2, 0.25) is 0 Å². The Morgan fingerprint density at radius 2 is 2.14 bits per heavy atom. The van der Waals surface area contributed by atoms with Crippen LogP contribution in [0.1, 0.15) is 19.8 Å². The molecule has 0 unspecified atom stereocenters. The third-order valence-electron chi connectivity index (χ3n) is 1.65. The normalized spacial score (nSPS) is 24.1. The fourth-order valence-corrected chi connectivity index (χ4v) is 0.457. The average molecular weight is 98.1 g/mol. The smallest absolute Gasteiger partial charge is 0.0965 e. The molecule has 1 aliphatic rings. The number of hydrogen-bond acceptors (Lipinski definition) is 1. The Kier molecular flexibility index (Phi) is 0.659. The van der Waals surface area contributed by atoms with E-state index in [-0.39, 0.29) is 5.41 Å². The lowest BCUT2D eigenvalue weighted by Gasteiger charge is -2.00. The van der Waals surface area contributed by atoms with Gasteiger partial charge in [0, 0.05) is 5.41 Å². The molecule has 1 aliphatic carbocycles. The largest absolute Gasteiger partial charge is 0.387 e. The molecule has 1 saturated carbocycles. The summed E-state index contributed by atoms with van der Waals surface area (Å²) >= 11 is 0. The van der Waals surface area contributed by atoms with E-state index in [1.807, 2.05) is 6.92 Å². The molecule has 0 aliphatic heterocycles. The van der Waals surface area contributed by atoms with Crippen LogP contribution < -0.4 is 5.73 Å². The van der Waals surface area contributed by atoms with Crippen LogP contribution in [0.2, 0.25) is 0 Å². The SMILES string of the molecule is CC1(C(=N)N)CC1. The van der Waals surface area contributed by atoms with Crippen LogP contribution in [0.5, 0.6) is 0 Å². The van der Waals surface area contributed by atoms with Gasteiger partial charge in [-0.25, -0.2) is 0 Å². The van der Waals surface area contributed by atoms with Gasteiger partial charge >= 0.3 is 0 Å². The molecule has 2 nitrogen and oxygen atoms in total. The monoisotopic (exact) mass is 98.1 g/mol. The lowest BCUT2D eigenvalue weighted by atomic mass is 10.1. The summed E-state index contributed by atoms with van der Waals surface area (Å²) in [4.78, 5) is 0. The van der Waals surface area contributed by atoms with Crippen molar-refractivity contribution in [2.24, 2.45) is 11.1 Å². The van der Waals surface area contributed by atoms with Crippen molar-refractivity contribution in [1.29, 1.82) is 5.41 Å². The highest BCUT2D eigenvalue weighted by Crippen LogP contribution is 2.44.